The second-order valence-electron chi connectivity index (χ2n) is 13.6. The van der Waals surface area contributed by atoms with Crippen LogP contribution in [0.25, 0.3) is 0 Å². The highest BCUT2D eigenvalue weighted by atomic mass is 28.4. The quantitative estimate of drug-likeness (QED) is 0.284. The van der Waals surface area contributed by atoms with E-state index < -0.39 is 16.6 Å². The van der Waals surface area contributed by atoms with E-state index in [-0.39, 0.29) is 10.1 Å². The van der Waals surface area contributed by atoms with Gasteiger partial charge in [0, 0.05) is 12.7 Å². The summed E-state index contributed by atoms with van der Waals surface area (Å²) in [7, 11) is -3.41. The Bertz CT molecular complexity index is 612. The highest BCUT2D eigenvalue weighted by Gasteiger charge is 2.53. The van der Waals surface area contributed by atoms with Gasteiger partial charge in [-0.15, -0.1) is 0 Å². The van der Waals surface area contributed by atoms with Crippen LogP contribution in [0.15, 0.2) is 12.2 Å². The van der Waals surface area contributed by atoms with E-state index in [1.807, 2.05) is 0 Å². The van der Waals surface area contributed by atoms with Gasteiger partial charge in [0.1, 0.15) is 0 Å². The monoisotopic (exact) mass is 452 g/mol. The van der Waals surface area contributed by atoms with E-state index in [2.05, 4.69) is 81.2 Å². The third-order valence-corrected chi connectivity index (χ3v) is 18.5. The van der Waals surface area contributed by atoms with Gasteiger partial charge in [-0.25, -0.2) is 0 Å². The third-order valence-electron chi connectivity index (χ3n) is 9.50. The fourth-order valence-corrected chi connectivity index (χ4v) is 7.75. The molecule has 4 heteroatoms. The highest BCUT2D eigenvalue weighted by molar-refractivity contribution is 6.74. The molecule has 2 aliphatic rings. The predicted octanol–water partition coefficient (Wildman–Crippen LogP) is 8.56. The lowest BCUT2D eigenvalue weighted by atomic mass is 9.63. The predicted molar refractivity (Wildman–Crippen MR) is 137 cm³/mol. The molecule has 0 aromatic heterocycles. The minimum atomic E-state index is -1.73. The molecular weight excluding hydrogens is 400 g/mol. The molecule has 2 saturated carbocycles. The van der Waals surface area contributed by atoms with Gasteiger partial charge in [-0.05, 0) is 85.6 Å². The largest absolute Gasteiger partial charge is 0.417 e. The molecule has 0 heterocycles. The lowest BCUT2D eigenvalue weighted by molar-refractivity contribution is -0.00403. The third kappa shape index (κ3) is 5.35. The molecule has 2 aliphatic carbocycles. The Balaban J connectivity index is 2.03. The van der Waals surface area contributed by atoms with Crippen molar-refractivity contribution in [2.75, 3.05) is 6.61 Å². The van der Waals surface area contributed by atoms with E-state index in [1.54, 1.807) is 0 Å². The molecule has 176 valence electrons. The zero-order valence-electron chi connectivity index (χ0n) is 22.2. The molecular formula is C26H52O2Si2. The van der Waals surface area contributed by atoms with Gasteiger partial charge in [-0.1, -0.05) is 67.0 Å². The molecule has 2 nitrogen and oxygen atoms in total. The summed E-state index contributed by atoms with van der Waals surface area (Å²) in [6, 6.07) is 0. The fourth-order valence-electron chi connectivity index (χ4n) is 5.31. The molecule has 30 heavy (non-hydrogen) atoms. The average Bonchev–Trinajstić information content (AvgIpc) is 2.90. The second kappa shape index (κ2) is 8.80. The van der Waals surface area contributed by atoms with Crippen molar-refractivity contribution in [1.82, 2.24) is 0 Å². The molecule has 0 aromatic carbocycles. The van der Waals surface area contributed by atoms with Crippen molar-refractivity contribution in [2.24, 2.45) is 17.3 Å². The van der Waals surface area contributed by atoms with Gasteiger partial charge < -0.3 is 8.85 Å². The number of hydrogen-bond donors (Lipinski definition) is 0. The van der Waals surface area contributed by atoms with Crippen molar-refractivity contribution < 1.29 is 8.85 Å². The van der Waals surface area contributed by atoms with Crippen LogP contribution in [0.5, 0.6) is 0 Å². The topological polar surface area (TPSA) is 18.5 Å². The summed E-state index contributed by atoms with van der Waals surface area (Å²) >= 11 is 0. The van der Waals surface area contributed by atoms with Gasteiger partial charge in [-0.2, -0.15) is 0 Å². The summed E-state index contributed by atoms with van der Waals surface area (Å²) < 4.78 is 13.5. The summed E-state index contributed by atoms with van der Waals surface area (Å²) in [6.07, 6.45) is 7.96. The molecule has 0 bridgehead atoms. The Morgan fingerprint density at radius 1 is 0.933 bits per heavy atom. The van der Waals surface area contributed by atoms with Crippen molar-refractivity contribution in [3.05, 3.63) is 12.2 Å². The lowest BCUT2D eigenvalue weighted by Crippen LogP contribution is -2.50. The van der Waals surface area contributed by atoms with Crippen LogP contribution in [0.3, 0.4) is 0 Å². The van der Waals surface area contributed by atoms with E-state index in [0.717, 1.165) is 13.0 Å². The summed E-state index contributed by atoms with van der Waals surface area (Å²) in [5, 5.41) is 0.556. The Hall–Kier alpha value is 0.0938. The Kier molecular flexibility index (Phi) is 7.72. The van der Waals surface area contributed by atoms with Gasteiger partial charge in [0.2, 0.25) is 0 Å². The standard InChI is InChI=1S/C26H52O2Si2/c1-20(17-19-27-29(9,10)24(2,3)4)21-15-16-22-23(14-13-18-26(21,22)8)28-30(11,12)25(5,6)7/h21-23H,1,13-19H2,2-12H3/t21?,22?,23?,26-/m1/s1. The zero-order chi connectivity index (χ0) is 23.2. The van der Waals surface area contributed by atoms with Gasteiger partial charge in [0.05, 0.1) is 0 Å². The van der Waals surface area contributed by atoms with Crippen LogP contribution in [-0.2, 0) is 8.85 Å². The summed E-state index contributed by atoms with van der Waals surface area (Å²) in [5.74, 6) is 1.33. The number of rotatable bonds is 7. The molecule has 0 saturated heterocycles. The van der Waals surface area contributed by atoms with Gasteiger partial charge in [0.15, 0.2) is 16.6 Å². The van der Waals surface area contributed by atoms with Crippen LogP contribution in [-0.4, -0.2) is 29.3 Å². The average molecular weight is 453 g/mol. The first kappa shape index (κ1) is 26.3. The minimum absolute atomic E-state index is 0.274. The van der Waals surface area contributed by atoms with Crippen molar-refractivity contribution in [3.8, 4) is 0 Å². The van der Waals surface area contributed by atoms with Crippen LogP contribution < -0.4 is 0 Å². The number of hydrogen-bond acceptors (Lipinski definition) is 2. The zero-order valence-corrected chi connectivity index (χ0v) is 24.2. The first-order valence-corrected chi connectivity index (χ1v) is 18.2. The van der Waals surface area contributed by atoms with Crippen LogP contribution in [0, 0.1) is 17.3 Å². The van der Waals surface area contributed by atoms with Crippen LogP contribution in [0.1, 0.15) is 87.0 Å². The van der Waals surface area contributed by atoms with Crippen molar-refractivity contribution in [2.45, 2.75) is 129 Å². The van der Waals surface area contributed by atoms with Gasteiger partial charge in [0.25, 0.3) is 0 Å². The smallest absolute Gasteiger partial charge is 0.192 e. The molecule has 3 unspecified atom stereocenters. The van der Waals surface area contributed by atoms with E-state index >= 15 is 0 Å². The van der Waals surface area contributed by atoms with Crippen molar-refractivity contribution >= 4 is 16.6 Å². The van der Waals surface area contributed by atoms with Gasteiger partial charge in [-0.3, -0.25) is 0 Å². The first-order chi connectivity index (χ1) is 13.4. The summed E-state index contributed by atoms with van der Waals surface area (Å²) in [6.45, 7) is 31.6. The van der Waals surface area contributed by atoms with E-state index in [0.29, 0.717) is 23.4 Å². The maximum Gasteiger partial charge on any atom is 0.192 e. The summed E-state index contributed by atoms with van der Waals surface area (Å²) in [4.78, 5) is 0. The van der Waals surface area contributed by atoms with E-state index in [9.17, 15) is 0 Å². The van der Waals surface area contributed by atoms with Crippen LogP contribution in [0.2, 0.25) is 36.3 Å². The minimum Gasteiger partial charge on any atom is -0.417 e. The van der Waals surface area contributed by atoms with Crippen molar-refractivity contribution in [3.63, 3.8) is 0 Å². The molecule has 0 aliphatic heterocycles. The molecule has 0 spiro atoms. The highest BCUT2D eigenvalue weighted by Crippen LogP contribution is 2.59. The van der Waals surface area contributed by atoms with Crippen molar-refractivity contribution in [1.29, 1.82) is 0 Å². The molecule has 2 rings (SSSR count). The van der Waals surface area contributed by atoms with Gasteiger partial charge >= 0.3 is 0 Å². The maximum atomic E-state index is 7.00. The molecule has 4 atom stereocenters. The Labute approximate surface area is 190 Å². The summed E-state index contributed by atoms with van der Waals surface area (Å²) in [5.41, 5.74) is 1.80. The lowest BCUT2D eigenvalue weighted by Gasteiger charge is -2.49. The van der Waals surface area contributed by atoms with E-state index in [4.69, 9.17) is 8.85 Å². The second-order valence-corrected chi connectivity index (χ2v) is 23.1. The van der Waals surface area contributed by atoms with Crippen LogP contribution >= 0.6 is 0 Å². The molecule has 0 aromatic rings. The fraction of sp³-hybridized carbons (Fsp3) is 0.923. The maximum absolute atomic E-state index is 7.00. The first-order valence-electron chi connectivity index (χ1n) is 12.4. The SMILES string of the molecule is C=C(CCO[Si](C)(C)C(C)(C)C)C1CCC2C(O[Si](C)(C)C(C)(C)C)CCC[C@]12C. The van der Waals surface area contributed by atoms with Crippen LogP contribution in [0.4, 0.5) is 0 Å². The Morgan fingerprint density at radius 2 is 1.50 bits per heavy atom. The molecule has 0 N–H and O–H groups in total. The molecule has 2 fully saturated rings. The molecule has 0 radical (unpaired) electrons. The van der Waals surface area contributed by atoms with E-state index in [1.165, 1.54) is 37.7 Å². The molecule has 0 amide bonds. The Morgan fingerprint density at radius 3 is 2.03 bits per heavy atom. The number of fused-ring (bicyclic) bond motifs is 1. The normalized spacial score (nSPS) is 31.0.